The minimum atomic E-state index is -0.978. The zero-order chi connectivity index (χ0) is 34.8. The van der Waals surface area contributed by atoms with Crippen LogP contribution < -0.4 is 16.0 Å². The maximum atomic E-state index is 13.8. The molecule has 2 aromatic rings. The number of carbonyl (C=O) groups is 5. The topological polar surface area (TPSA) is 146 Å². The molecule has 262 valence electrons. The lowest BCUT2D eigenvalue weighted by Crippen LogP contribution is -2.57. The van der Waals surface area contributed by atoms with E-state index in [-0.39, 0.29) is 37.3 Å². The van der Waals surface area contributed by atoms with Crippen LogP contribution in [-0.4, -0.2) is 110 Å². The lowest BCUT2D eigenvalue weighted by atomic mass is 9.99. The van der Waals surface area contributed by atoms with Gasteiger partial charge in [0.2, 0.25) is 11.8 Å². The van der Waals surface area contributed by atoms with Gasteiger partial charge in [-0.1, -0.05) is 52.0 Å². The molecule has 12 nitrogen and oxygen atoms in total. The summed E-state index contributed by atoms with van der Waals surface area (Å²) in [6.45, 7) is 13.8. The molecule has 4 rings (SSSR count). The molecule has 0 spiro atoms. The largest absolute Gasteiger partial charge is 0.465 e. The van der Waals surface area contributed by atoms with Crippen molar-refractivity contribution in [1.29, 1.82) is 0 Å². The number of hydrogen-bond acceptors (Lipinski definition) is 9. The summed E-state index contributed by atoms with van der Waals surface area (Å²) in [5, 5.41) is 10.8. The van der Waals surface area contributed by atoms with Crippen LogP contribution in [0.4, 0.5) is 0 Å². The number of nitrogens with one attached hydrogen (secondary N) is 3. The number of imide groups is 1. The van der Waals surface area contributed by atoms with Crippen LogP contribution >= 0.6 is 0 Å². The average molecular weight is 666 g/mol. The maximum Gasteiger partial charge on any atom is 0.323 e. The fourth-order valence-corrected chi connectivity index (χ4v) is 6.18. The quantitative estimate of drug-likeness (QED) is 0.172. The molecular weight excluding hydrogens is 614 g/mol. The molecule has 0 aliphatic carbocycles. The first kappa shape index (κ1) is 37.0. The minimum Gasteiger partial charge on any atom is -0.465 e. The highest BCUT2D eigenvalue weighted by molar-refractivity contribution is 6.23. The summed E-state index contributed by atoms with van der Waals surface area (Å²) in [6, 6.07) is 8.40. The summed E-state index contributed by atoms with van der Waals surface area (Å²) in [6.07, 6.45) is 0.872. The Morgan fingerprint density at radius 3 is 1.98 bits per heavy atom. The van der Waals surface area contributed by atoms with E-state index in [0.29, 0.717) is 50.3 Å². The third-order valence-electron chi connectivity index (χ3n) is 8.65. The summed E-state index contributed by atoms with van der Waals surface area (Å²) < 4.78 is 10.7. The Morgan fingerprint density at radius 1 is 0.833 bits per heavy atom. The molecular formula is C36H51N5O7. The molecule has 3 N–H and O–H groups in total. The van der Waals surface area contributed by atoms with Crippen LogP contribution in [0.5, 0.6) is 0 Å². The Morgan fingerprint density at radius 2 is 1.42 bits per heavy atom. The van der Waals surface area contributed by atoms with Crippen molar-refractivity contribution in [1.82, 2.24) is 25.8 Å². The van der Waals surface area contributed by atoms with Crippen LogP contribution in [0, 0.1) is 11.8 Å². The average Bonchev–Trinajstić information content (AvgIpc) is 3.28. The lowest BCUT2D eigenvalue weighted by Gasteiger charge is -2.29. The number of amides is 4. The standard InChI is InChI=1S/C36H51N5O7/c1-6-48-36(46)29(11-13-41-34(44)27-21-25-9-7-8-10-26(25)22-28(27)35(41)45)38-31(20-24(4)5)33(43)39-30(19-23(2)3)32(42)37-12-14-40-15-17-47-18-16-40/h7-10,21-24,29-31,38H,6,11-20H2,1-5H3,(H,37,42)(H,39,43)/t29-,30+,31+/m1/s1. The van der Waals surface area contributed by atoms with Crippen molar-refractivity contribution >= 4 is 40.4 Å². The van der Waals surface area contributed by atoms with E-state index in [0.717, 1.165) is 28.8 Å². The molecule has 0 bridgehead atoms. The van der Waals surface area contributed by atoms with Crippen LogP contribution in [0.2, 0.25) is 0 Å². The van der Waals surface area contributed by atoms with Gasteiger partial charge in [-0.15, -0.1) is 0 Å². The van der Waals surface area contributed by atoms with Gasteiger partial charge in [-0.25, -0.2) is 0 Å². The summed E-state index contributed by atoms with van der Waals surface area (Å²) in [4.78, 5) is 70.3. The van der Waals surface area contributed by atoms with Crippen LogP contribution in [-0.2, 0) is 23.9 Å². The monoisotopic (exact) mass is 665 g/mol. The molecule has 1 fully saturated rings. The molecule has 2 aliphatic heterocycles. The van der Waals surface area contributed by atoms with Crippen molar-refractivity contribution in [2.75, 3.05) is 52.5 Å². The minimum absolute atomic E-state index is 0.0448. The smallest absolute Gasteiger partial charge is 0.323 e. The highest BCUT2D eigenvalue weighted by Crippen LogP contribution is 2.28. The summed E-state index contributed by atoms with van der Waals surface area (Å²) >= 11 is 0. The molecule has 0 saturated carbocycles. The van der Waals surface area contributed by atoms with Crippen molar-refractivity contribution in [2.45, 2.75) is 72.0 Å². The first-order chi connectivity index (χ1) is 23.0. The third-order valence-corrected chi connectivity index (χ3v) is 8.65. The summed E-state index contributed by atoms with van der Waals surface area (Å²) in [5.41, 5.74) is 0.659. The summed E-state index contributed by atoms with van der Waals surface area (Å²) in [5.74, 6) is -1.87. The first-order valence-corrected chi connectivity index (χ1v) is 17.2. The highest BCUT2D eigenvalue weighted by Gasteiger charge is 2.37. The van der Waals surface area contributed by atoms with E-state index in [1.807, 2.05) is 52.0 Å². The fraction of sp³-hybridized carbons (Fsp3) is 0.583. The van der Waals surface area contributed by atoms with Crippen LogP contribution in [0.25, 0.3) is 10.8 Å². The molecule has 0 aromatic heterocycles. The first-order valence-electron chi connectivity index (χ1n) is 17.2. The van der Waals surface area contributed by atoms with E-state index in [9.17, 15) is 24.0 Å². The Labute approximate surface area is 283 Å². The number of rotatable bonds is 17. The zero-order valence-electron chi connectivity index (χ0n) is 28.9. The van der Waals surface area contributed by atoms with Gasteiger partial charge in [0.15, 0.2) is 0 Å². The number of carbonyl (C=O) groups excluding carboxylic acids is 5. The van der Waals surface area contributed by atoms with Crippen molar-refractivity contribution < 1.29 is 33.4 Å². The van der Waals surface area contributed by atoms with Gasteiger partial charge in [-0.05, 0) is 60.9 Å². The van der Waals surface area contributed by atoms with E-state index >= 15 is 0 Å². The van der Waals surface area contributed by atoms with Crippen LogP contribution in [0.1, 0.15) is 74.6 Å². The fourth-order valence-electron chi connectivity index (χ4n) is 6.18. The second-order valence-electron chi connectivity index (χ2n) is 13.4. The number of morpholine rings is 1. The zero-order valence-corrected chi connectivity index (χ0v) is 28.9. The van der Waals surface area contributed by atoms with Gasteiger partial charge in [0.05, 0.1) is 37.0 Å². The molecule has 48 heavy (non-hydrogen) atoms. The number of ether oxygens (including phenoxy) is 2. The number of esters is 1. The molecule has 2 aromatic carbocycles. The van der Waals surface area contributed by atoms with E-state index in [1.165, 1.54) is 0 Å². The SMILES string of the molecule is CCOC(=O)[C@@H](CCN1C(=O)c2cc3ccccc3cc2C1=O)N[C@@H](CC(C)C)C(=O)N[C@@H](CC(C)C)C(=O)NCCN1CCOCC1. The molecule has 12 heteroatoms. The van der Waals surface area contributed by atoms with Crippen LogP contribution in [0.3, 0.4) is 0 Å². The van der Waals surface area contributed by atoms with Crippen molar-refractivity contribution in [3.05, 3.63) is 47.5 Å². The second-order valence-corrected chi connectivity index (χ2v) is 13.4. The van der Waals surface area contributed by atoms with Gasteiger partial charge in [0, 0.05) is 32.7 Å². The molecule has 1 saturated heterocycles. The van der Waals surface area contributed by atoms with E-state index in [2.05, 4.69) is 20.9 Å². The molecule has 0 radical (unpaired) electrons. The van der Waals surface area contributed by atoms with E-state index in [4.69, 9.17) is 9.47 Å². The van der Waals surface area contributed by atoms with E-state index in [1.54, 1.807) is 19.1 Å². The molecule has 2 aliphatic rings. The van der Waals surface area contributed by atoms with Crippen molar-refractivity contribution in [3.8, 4) is 0 Å². The van der Waals surface area contributed by atoms with Gasteiger partial charge in [-0.3, -0.25) is 39.1 Å². The number of fused-ring (bicyclic) bond motifs is 2. The second kappa shape index (κ2) is 17.5. The van der Waals surface area contributed by atoms with Gasteiger partial charge >= 0.3 is 5.97 Å². The Bertz CT molecular complexity index is 1400. The maximum absolute atomic E-state index is 13.8. The number of benzene rings is 2. The Kier molecular flexibility index (Phi) is 13.5. The third kappa shape index (κ3) is 9.83. The molecule has 0 unspecified atom stereocenters. The summed E-state index contributed by atoms with van der Waals surface area (Å²) in [7, 11) is 0. The predicted octanol–water partition coefficient (Wildman–Crippen LogP) is 2.74. The Hall–Kier alpha value is -3.87. The predicted molar refractivity (Wildman–Crippen MR) is 182 cm³/mol. The molecule has 4 amide bonds. The number of hydrogen-bond donors (Lipinski definition) is 3. The molecule has 2 heterocycles. The van der Waals surface area contributed by atoms with E-state index < -0.39 is 41.8 Å². The van der Waals surface area contributed by atoms with Gasteiger partial charge in [-0.2, -0.15) is 0 Å². The van der Waals surface area contributed by atoms with Gasteiger partial charge in [0.25, 0.3) is 11.8 Å². The highest BCUT2D eigenvalue weighted by atomic mass is 16.5. The normalized spacial score (nSPS) is 17.0. The molecule has 3 atom stereocenters. The van der Waals surface area contributed by atoms with Gasteiger partial charge in [0.1, 0.15) is 12.1 Å². The number of nitrogens with zero attached hydrogens (tertiary/aromatic N) is 2. The van der Waals surface area contributed by atoms with Crippen LogP contribution in [0.15, 0.2) is 36.4 Å². The lowest BCUT2D eigenvalue weighted by molar-refractivity contribution is -0.146. The van der Waals surface area contributed by atoms with Crippen molar-refractivity contribution in [2.24, 2.45) is 11.8 Å². The van der Waals surface area contributed by atoms with Crippen molar-refractivity contribution in [3.63, 3.8) is 0 Å². The van der Waals surface area contributed by atoms with Gasteiger partial charge < -0.3 is 20.1 Å². The Balaban J connectivity index is 1.44.